The minimum atomic E-state index is -1.51. The van der Waals surface area contributed by atoms with Gasteiger partial charge in [0.1, 0.15) is 42.5 Å². The Kier molecular flexibility index (Phi) is 10.2. The highest BCUT2D eigenvalue weighted by Gasteiger charge is 2.78. The second-order valence-electron chi connectivity index (χ2n) is 17.8. The van der Waals surface area contributed by atoms with Gasteiger partial charge >= 0.3 is 17.9 Å². The van der Waals surface area contributed by atoms with E-state index < -0.39 is 88.9 Å². The lowest BCUT2D eigenvalue weighted by molar-refractivity contribution is -0.235. The second kappa shape index (κ2) is 15.1. The third kappa shape index (κ3) is 7.03. The number of fused-ring (bicyclic) bond motifs is 4. The maximum absolute atomic E-state index is 15.5. The topological polar surface area (TPSA) is 179 Å². The van der Waals surface area contributed by atoms with Gasteiger partial charge < -0.3 is 39.0 Å². The number of aliphatic hydroxyl groups excluding tert-OH is 1. The van der Waals surface area contributed by atoms with E-state index in [9.17, 15) is 24.3 Å². The van der Waals surface area contributed by atoms with E-state index in [1.165, 1.54) is 16.0 Å². The summed E-state index contributed by atoms with van der Waals surface area (Å²) in [5.41, 5.74) is 0.0259. The number of esters is 3. The number of nitrogens with zero attached hydrogens (tertiary/aromatic N) is 2. The SMILES string of the molecule is CN(C(=O)C12CC3OC(=O)C1N(Cc1cccc(C=CC(=O)OC4C(=O)OCC4(C)C)c1)OC2C1OC(C2CC2)(C2CC2)OC31)C(Cc1ccccc1)C(=O)NCCO. The van der Waals surface area contributed by atoms with Gasteiger partial charge in [-0.25, -0.2) is 9.59 Å². The van der Waals surface area contributed by atoms with Crippen LogP contribution >= 0.6 is 0 Å². The standard InChI is InChI=1S/C44H51N3O12/c1-42(2)24-54-40(52)37(42)56-32(49)17-12-26-10-7-11-27(20-26)23-47-35-39(51)55-31-22-43(35,36(59-47)34-33(31)57-44(58-34,28-13-14-28)29-15-16-29)41(53)46(3)30(38(50)45-18-19-48)21-25-8-5-4-6-9-25/h4-12,17,20,28-31,33-37,48H,13-16,18-19,21-24H2,1-3H3,(H,45,50). The molecule has 8 atom stereocenters. The number of aliphatic hydroxyl groups is 1. The zero-order valence-corrected chi connectivity index (χ0v) is 33.5. The molecular weight excluding hydrogens is 762 g/mol. The van der Waals surface area contributed by atoms with Crippen LogP contribution in [0.15, 0.2) is 60.7 Å². The average molecular weight is 814 g/mol. The maximum atomic E-state index is 15.5. The number of benzene rings is 2. The average Bonchev–Trinajstić information content (AvgIpc) is 4.17. The van der Waals surface area contributed by atoms with E-state index in [1.54, 1.807) is 39.1 Å². The zero-order valence-electron chi connectivity index (χ0n) is 33.5. The molecule has 9 rings (SSSR count). The van der Waals surface area contributed by atoms with Crippen molar-refractivity contribution in [2.75, 3.05) is 26.8 Å². The lowest BCUT2D eigenvalue weighted by Gasteiger charge is -2.50. The molecule has 4 heterocycles. The van der Waals surface area contributed by atoms with Crippen LogP contribution < -0.4 is 5.32 Å². The molecule has 2 bridgehead atoms. The Hall–Kier alpha value is -4.67. The lowest BCUT2D eigenvalue weighted by atomic mass is 9.62. The number of carbonyl (C=O) groups excluding carboxylic acids is 5. The molecule has 2 aromatic carbocycles. The number of amides is 2. The van der Waals surface area contributed by atoms with E-state index in [2.05, 4.69) is 5.32 Å². The van der Waals surface area contributed by atoms with Crippen molar-refractivity contribution in [3.05, 3.63) is 77.4 Å². The molecule has 0 spiro atoms. The second-order valence-corrected chi connectivity index (χ2v) is 17.8. The third-order valence-electron chi connectivity index (χ3n) is 13.1. The van der Waals surface area contributed by atoms with Crippen LogP contribution in [0.1, 0.15) is 62.6 Å². The number of hydroxylamine groups is 2. The fourth-order valence-electron chi connectivity index (χ4n) is 9.89. The van der Waals surface area contributed by atoms with Gasteiger partial charge in [0.05, 0.1) is 13.2 Å². The molecule has 7 fully saturated rings. The highest BCUT2D eigenvalue weighted by atomic mass is 16.8. The van der Waals surface area contributed by atoms with E-state index in [4.69, 9.17) is 28.5 Å². The van der Waals surface area contributed by atoms with Crippen molar-refractivity contribution in [3.8, 4) is 0 Å². The Morgan fingerprint density at radius 2 is 1.69 bits per heavy atom. The lowest BCUT2D eigenvalue weighted by Crippen LogP contribution is -2.70. The minimum Gasteiger partial charge on any atom is -0.462 e. The Morgan fingerprint density at radius 1 is 0.983 bits per heavy atom. The number of rotatable bonds is 14. The van der Waals surface area contributed by atoms with Gasteiger partial charge in [-0.3, -0.25) is 19.2 Å². The molecule has 2 aromatic rings. The zero-order chi connectivity index (χ0) is 41.3. The van der Waals surface area contributed by atoms with Crippen molar-refractivity contribution in [1.82, 2.24) is 15.3 Å². The normalized spacial score (nSPS) is 31.9. The van der Waals surface area contributed by atoms with Crippen molar-refractivity contribution >= 4 is 35.8 Å². The fraction of sp³-hybridized carbons (Fsp3) is 0.568. The first kappa shape index (κ1) is 39.8. The van der Waals surface area contributed by atoms with Gasteiger partial charge in [-0.15, -0.1) is 0 Å². The van der Waals surface area contributed by atoms with E-state index >= 15 is 4.79 Å². The summed E-state index contributed by atoms with van der Waals surface area (Å²) in [5.74, 6) is -3.21. The summed E-state index contributed by atoms with van der Waals surface area (Å²) < 4.78 is 30.6. The summed E-state index contributed by atoms with van der Waals surface area (Å²) in [6.07, 6.45) is 2.86. The summed E-state index contributed by atoms with van der Waals surface area (Å²) in [5, 5.41) is 13.8. The van der Waals surface area contributed by atoms with Gasteiger partial charge in [-0.05, 0) is 48.4 Å². The molecular formula is C44H51N3O12. The quantitative estimate of drug-likeness (QED) is 0.162. The molecule has 3 saturated carbocycles. The summed E-state index contributed by atoms with van der Waals surface area (Å²) in [6.45, 7) is 3.54. The number of hydrogen-bond acceptors (Lipinski definition) is 13. The third-order valence-corrected chi connectivity index (χ3v) is 13.1. The summed E-state index contributed by atoms with van der Waals surface area (Å²) in [7, 11) is 1.58. The molecule has 8 unspecified atom stereocenters. The van der Waals surface area contributed by atoms with Crippen molar-refractivity contribution in [3.63, 3.8) is 0 Å². The van der Waals surface area contributed by atoms with Crippen LogP contribution in [-0.2, 0) is 65.5 Å². The van der Waals surface area contributed by atoms with E-state index in [0.717, 1.165) is 31.2 Å². The number of likely N-dealkylation sites (N-methyl/N-ethyl adjacent to an activating group) is 1. The van der Waals surface area contributed by atoms with Gasteiger partial charge in [0.25, 0.3) is 0 Å². The predicted molar refractivity (Wildman–Crippen MR) is 206 cm³/mol. The predicted octanol–water partition coefficient (Wildman–Crippen LogP) is 2.47. The van der Waals surface area contributed by atoms with Crippen LogP contribution in [0.5, 0.6) is 0 Å². The molecule has 2 N–H and O–H groups in total. The fourth-order valence-corrected chi connectivity index (χ4v) is 9.89. The van der Waals surface area contributed by atoms with Crippen molar-refractivity contribution in [2.45, 2.75) is 107 Å². The van der Waals surface area contributed by atoms with Gasteiger partial charge in [0.2, 0.25) is 17.9 Å². The molecule has 15 heteroatoms. The van der Waals surface area contributed by atoms with E-state index in [0.29, 0.717) is 11.1 Å². The number of ether oxygens (including phenoxy) is 5. The number of cyclic esters (lactones) is 1. The largest absolute Gasteiger partial charge is 0.462 e. The summed E-state index contributed by atoms with van der Waals surface area (Å²) in [4.78, 5) is 76.9. The van der Waals surface area contributed by atoms with Crippen LogP contribution in [-0.4, -0.2) is 120 Å². The Labute approximate surface area is 342 Å². The molecule has 314 valence electrons. The Balaban J connectivity index is 1.03. The summed E-state index contributed by atoms with van der Waals surface area (Å²) in [6, 6.07) is 14.5. The molecule has 15 nitrogen and oxygen atoms in total. The first-order valence-corrected chi connectivity index (χ1v) is 20.7. The van der Waals surface area contributed by atoms with Gasteiger partial charge in [-0.2, -0.15) is 5.06 Å². The molecule has 0 radical (unpaired) electrons. The first-order chi connectivity index (χ1) is 28.3. The van der Waals surface area contributed by atoms with Crippen LogP contribution in [0.2, 0.25) is 0 Å². The molecule has 59 heavy (non-hydrogen) atoms. The maximum Gasteiger partial charge on any atom is 0.348 e. The number of nitrogens with one attached hydrogen (secondary N) is 1. The Morgan fingerprint density at radius 3 is 2.37 bits per heavy atom. The monoisotopic (exact) mass is 813 g/mol. The highest BCUT2D eigenvalue weighted by Crippen LogP contribution is 2.64. The number of hydrogen-bond donors (Lipinski definition) is 2. The minimum absolute atomic E-state index is 0.00987. The van der Waals surface area contributed by atoms with Gasteiger partial charge in [-0.1, -0.05) is 68.4 Å². The van der Waals surface area contributed by atoms with Crippen LogP contribution in [0.25, 0.3) is 6.08 Å². The van der Waals surface area contributed by atoms with Gasteiger partial charge in [0, 0.05) is 49.8 Å². The Bertz CT molecular complexity index is 2020. The van der Waals surface area contributed by atoms with Crippen molar-refractivity contribution in [1.29, 1.82) is 0 Å². The summed E-state index contributed by atoms with van der Waals surface area (Å²) >= 11 is 0. The highest BCUT2D eigenvalue weighted by molar-refractivity contribution is 5.96. The van der Waals surface area contributed by atoms with Crippen molar-refractivity contribution in [2.24, 2.45) is 22.7 Å². The van der Waals surface area contributed by atoms with E-state index in [-0.39, 0.29) is 51.0 Å². The molecule has 4 saturated heterocycles. The van der Waals surface area contributed by atoms with Gasteiger partial charge in [0.15, 0.2) is 11.8 Å². The first-order valence-electron chi connectivity index (χ1n) is 20.7. The van der Waals surface area contributed by atoms with Crippen molar-refractivity contribution < 1.29 is 57.6 Å². The number of carbonyl (C=O) groups is 5. The smallest absolute Gasteiger partial charge is 0.348 e. The molecule has 7 aliphatic rings. The van der Waals surface area contributed by atoms with E-state index in [1.807, 2.05) is 42.5 Å². The molecule has 2 amide bonds. The molecule has 0 aromatic heterocycles. The molecule has 4 aliphatic heterocycles. The van der Waals surface area contributed by atoms with Crippen LogP contribution in [0.3, 0.4) is 0 Å². The van der Waals surface area contributed by atoms with Crippen LogP contribution in [0.4, 0.5) is 0 Å². The van der Waals surface area contributed by atoms with Crippen LogP contribution in [0, 0.1) is 22.7 Å². The molecule has 3 aliphatic carbocycles.